The zero-order valence-electron chi connectivity index (χ0n) is 15.8. The Bertz CT molecular complexity index is 933. The summed E-state index contributed by atoms with van der Waals surface area (Å²) >= 11 is 8.28. The number of carbonyl (C=O) groups is 1. The number of nitrogens with zero attached hydrogens (tertiary/aromatic N) is 1. The van der Waals surface area contributed by atoms with Gasteiger partial charge in [-0.2, -0.15) is 5.10 Å². The molecule has 0 atom stereocenters. The third kappa shape index (κ3) is 6.96. The molecule has 0 aromatic heterocycles. The van der Waals surface area contributed by atoms with Crippen LogP contribution in [0.4, 0.5) is 0 Å². The molecular weight excluding hydrogens is 646 g/mol. The number of thioether (sulfide) groups is 2. The van der Waals surface area contributed by atoms with Crippen LogP contribution < -0.4 is 14.9 Å². The van der Waals surface area contributed by atoms with Crippen molar-refractivity contribution in [2.24, 2.45) is 5.10 Å². The second kappa shape index (κ2) is 12.1. The fraction of sp³-hybridized carbons (Fsp3) is 0.238. The number of hydrazone groups is 1. The number of ether oxygens (including phenoxy) is 2. The van der Waals surface area contributed by atoms with Gasteiger partial charge in [-0.05, 0) is 80.6 Å². The zero-order valence-corrected chi connectivity index (χ0v) is 21.7. The van der Waals surface area contributed by atoms with Crippen molar-refractivity contribution in [2.45, 2.75) is 4.58 Å². The monoisotopic (exact) mass is 664 g/mol. The molecule has 1 heterocycles. The molecule has 0 saturated carbocycles. The molecule has 3 rings (SSSR count). The molecule has 9 heteroatoms. The maximum Gasteiger partial charge on any atom is 0.277 e. The number of nitrogens with one attached hydrogen (secondary N) is 1. The van der Waals surface area contributed by atoms with Crippen molar-refractivity contribution < 1.29 is 14.3 Å². The Labute approximate surface area is 211 Å². The number of hydrogen-bond acceptors (Lipinski definition) is 6. The van der Waals surface area contributed by atoms with Crippen molar-refractivity contribution in [2.75, 3.05) is 24.7 Å². The molecule has 0 bridgehead atoms. The summed E-state index contributed by atoms with van der Waals surface area (Å²) in [6.45, 7) is 0.119. The summed E-state index contributed by atoms with van der Waals surface area (Å²) in [4.78, 5) is 12.0. The molecule has 0 aliphatic carbocycles. The minimum absolute atomic E-state index is 0.0997. The van der Waals surface area contributed by atoms with E-state index in [0.717, 1.165) is 18.5 Å². The van der Waals surface area contributed by atoms with E-state index in [9.17, 15) is 4.79 Å². The number of benzene rings is 2. The molecule has 1 aliphatic heterocycles. The Morgan fingerprint density at radius 2 is 1.87 bits per heavy atom. The lowest BCUT2D eigenvalue weighted by atomic mass is 10.2. The fourth-order valence-electron chi connectivity index (χ4n) is 2.54. The first-order valence-electron chi connectivity index (χ1n) is 8.90. The van der Waals surface area contributed by atoms with E-state index >= 15 is 0 Å². The topological polar surface area (TPSA) is 59.9 Å². The molecule has 1 saturated heterocycles. The van der Waals surface area contributed by atoms with Crippen LogP contribution in [0.15, 0.2) is 41.5 Å². The van der Waals surface area contributed by atoms with Crippen molar-refractivity contribution in [3.8, 4) is 23.8 Å². The first kappa shape index (κ1) is 23.6. The molecule has 1 amide bonds. The summed E-state index contributed by atoms with van der Waals surface area (Å²) in [5.74, 6) is 5.93. The minimum atomic E-state index is -0.324. The van der Waals surface area contributed by atoms with E-state index in [2.05, 4.69) is 73.8 Å². The van der Waals surface area contributed by atoms with Crippen LogP contribution in [-0.4, -0.2) is 36.8 Å². The van der Waals surface area contributed by atoms with Gasteiger partial charge in [-0.15, -0.1) is 29.9 Å². The lowest BCUT2D eigenvalue weighted by Crippen LogP contribution is -2.24. The molecule has 0 radical (unpaired) electrons. The smallest absolute Gasteiger partial charge is 0.277 e. The maximum absolute atomic E-state index is 12.0. The lowest BCUT2D eigenvalue weighted by Gasteiger charge is -2.10. The molecule has 0 unspecified atom stereocenters. The van der Waals surface area contributed by atoms with Crippen LogP contribution in [0.25, 0.3) is 0 Å². The number of hydrogen-bond donors (Lipinski definition) is 1. The molecule has 0 spiro atoms. The largest absolute Gasteiger partial charge is 0.484 e. The van der Waals surface area contributed by atoms with E-state index in [4.69, 9.17) is 15.9 Å². The van der Waals surface area contributed by atoms with Crippen LogP contribution in [0, 0.1) is 19.5 Å². The Hall–Kier alpha value is -1.10. The summed E-state index contributed by atoms with van der Waals surface area (Å²) < 4.78 is 13.4. The second-order valence-electron chi connectivity index (χ2n) is 6.03. The van der Waals surface area contributed by atoms with Gasteiger partial charge in [0.05, 0.1) is 17.9 Å². The van der Waals surface area contributed by atoms with Gasteiger partial charge >= 0.3 is 0 Å². The third-order valence-electron chi connectivity index (χ3n) is 3.87. The van der Waals surface area contributed by atoms with E-state index < -0.39 is 0 Å². The van der Waals surface area contributed by atoms with Gasteiger partial charge in [0, 0.05) is 11.5 Å². The third-order valence-corrected chi connectivity index (χ3v) is 8.57. The predicted molar refractivity (Wildman–Crippen MR) is 142 cm³/mol. The highest BCUT2D eigenvalue weighted by Crippen LogP contribution is 2.45. The van der Waals surface area contributed by atoms with Gasteiger partial charge in [0.2, 0.25) is 0 Å². The summed E-state index contributed by atoms with van der Waals surface area (Å²) in [7, 11) is 0. The van der Waals surface area contributed by atoms with E-state index in [0.29, 0.717) is 10.3 Å². The number of terminal acetylenes is 1. The Morgan fingerprint density at radius 3 is 2.50 bits per heavy atom. The van der Waals surface area contributed by atoms with Crippen molar-refractivity contribution >= 4 is 80.8 Å². The van der Waals surface area contributed by atoms with E-state index in [1.807, 2.05) is 47.8 Å². The summed E-state index contributed by atoms with van der Waals surface area (Å²) in [5, 5.41) is 4.00. The summed E-state index contributed by atoms with van der Waals surface area (Å²) in [6, 6.07) is 11.7. The molecule has 1 N–H and O–H groups in total. The van der Waals surface area contributed by atoms with E-state index in [1.165, 1.54) is 17.1 Å². The number of carbonyl (C=O) groups excluding carboxylic acids is 1. The standard InChI is InChI=1S/C21H18I2N2O3S2/c1-2-7-27-20-17(22)10-14(11-18(20)23)12-24-25-19(26)13-28-16-5-3-15(4-6-16)21-29-8-9-30-21/h1,3-6,10-12,21H,7-9,13H2,(H,25,26)/b24-12-. The Balaban J connectivity index is 1.47. The van der Waals surface area contributed by atoms with Gasteiger partial charge in [-0.25, -0.2) is 5.43 Å². The maximum atomic E-state index is 12.0. The van der Waals surface area contributed by atoms with Gasteiger partial charge in [0.1, 0.15) is 18.1 Å². The van der Waals surface area contributed by atoms with Crippen molar-refractivity contribution in [3.63, 3.8) is 0 Å². The first-order valence-corrected chi connectivity index (χ1v) is 13.2. The lowest BCUT2D eigenvalue weighted by molar-refractivity contribution is -0.123. The Morgan fingerprint density at radius 1 is 1.20 bits per heavy atom. The zero-order chi connectivity index (χ0) is 21.3. The highest BCUT2D eigenvalue weighted by Gasteiger charge is 2.18. The summed E-state index contributed by atoms with van der Waals surface area (Å²) in [6.07, 6.45) is 6.82. The van der Waals surface area contributed by atoms with Gasteiger partial charge < -0.3 is 9.47 Å². The molecule has 2 aromatic rings. The van der Waals surface area contributed by atoms with Gasteiger partial charge in [-0.3, -0.25) is 4.79 Å². The molecule has 156 valence electrons. The molecular formula is C21H18I2N2O3S2. The number of halogens is 2. The number of amides is 1. The van der Waals surface area contributed by atoms with Crippen LogP contribution in [-0.2, 0) is 4.79 Å². The highest BCUT2D eigenvalue weighted by atomic mass is 127. The van der Waals surface area contributed by atoms with Gasteiger partial charge in [0.25, 0.3) is 5.91 Å². The fourth-order valence-corrected chi connectivity index (χ4v) is 7.52. The van der Waals surface area contributed by atoms with Crippen LogP contribution in [0.5, 0.6) is 11.5 Å². The van der Waals surface area contributed by atoms with Crippen molar-refractivity contribution in [1.82, 2.24) is 5.43 Å². The Kier molecular flexibility index (Phi) is 9.48. The average Bonchev–Trinajstić information content (AvgIpc) is 3.27. The molecule has 1 aliphatic rings. The van der Waals surface area contributed by atoms with Crippen molar-refractivity contribution in [1.29, 1.82) is 0 Å². The van der Waals surface area contributed by atoms with Crippen LogP contribution in [0.2, 0.25) is 0 Å². The molecule has 2 aromatic carbocycles. The molecule has 1 fully saturated rings. The van der Waals surface area contributed by atoms with E-state index in [-0.39, 0.29) is 19.1 Å². The highest BCUT2D eigenvalue weighted by molar-refractivity contribution is 14.1. The van der Waals surface area contributed by atoms with Gasteiger partial charge in [0.15, 0.2) is 6.61 Å². The quantitative estimate of drug-likeness (QED) is 0.188. The molecule has 5 nitrogen and oxygen atoms in total. The predicted octanol–water partition coefficient (Wildman–Crippen LogP) is 4.92. The van der Waals surface area contributed by atoms with Crippen molar-refractivity contribution in [3.05, 3.63) is 54.7 Å². The van der Waals surface area contributed by atoms with E-state index in [1.54, 1.807) is 6.21 Å². The van der Waals surface area contributed by atoms with Crippen LogP contribution in [0.1, 0.15) is 15.7 Å². The van der Waals surface area contributed by atoms with Gasteiger partial charge in [-0.1, -0.05) is 18.1 Å². The molecule has 30 heavy (non-hydrogen) atoms. The summed E-state index contributed by atoms with van der Waals surface area (Å²) in [5.41, 5.74) is 4.61. The van der Waals surface area contributed by atoms with Crippen LogP contribution in [0.3, 0.4) is 0 Å². The van der Waals surface area contributed by atoms with Crippen LogP contribution >= 0.6 is 68.7 Å². The SMILES string of the molecule is C#CCOc1c(I)cc(/C=N\NC(=O)COc2ccc(C3SCCS3)cc2)cc1I. The second-order valence-corrected chi connectivity index (χ2v) is 11.1. The first-order chi connectivity index (χ1) is 14.6. The average molecular weight is 664 g/mol. The normalized spacial score (nSPS) is 13.9. The number of rotatable bonds is 8. The minimum Gasteiger partial charge on any atom is -0.484 e.